The first-order valence-electron chi connectivity index (χ1n) is 45.6. The number of alkyl carbamates (subject to hydrolysis) is 1. The van der Waals surface area contributed by atoms with Crippen LogP contribution in [0.5, 0.6) is 0 Å². The number of hydrogen-bond acceptors (Lipinski definition) is 26. The molecule has 3 N–H and O–H groups in total. The number of ether oxygens (including phenoxy) is 4. The number of carbonyl (C=O) groups excluding carboxylic acids is 1. The number of carbonyl (C=O) groups is 1. The number of benzene rings is 2. The molecule has 1 amide bonds. The van der Waals surface area contributed by atoms with Crippen molar-refractivity contribution < 1.29 is 88.3 Å². The number of nitrogens with zero attached hydrogens (tertiary/aromatic N) is 6. The van der Waals surface area contributed by atoms with E-state index >= 15 is 0 Å². The number of nitrogens with two attached hydrogens (primary N) is 1. The van der Waals surface area contributed by atoms with Gasteiger partial charge in [-0.1, -0.05) is 167 Å². The largest absolute Gasteiger partial charge is 0.799 e. The lowest BCUT2D eigenvalue weighted by Crippen LogP contribution is -2.37. The molecule has 2 aromatic rings. The summed E-state index contributed by atoms with van der Waals surface area (Å²) >= 11 is 0. The Labute approximate surface area is 759 Å². The first kappa shape index (κ1) is 128. The molecule has 0 aliphatic heterocycles. The highest BCUT2D eigenvalue weighted by atomic mass is 31.2. The zero-order valence-electron chi connectivity index (χ0n) is 80.6. The molecule has 124 heavy (non-hydrogen) atoms. The molecule has 27 nitrogen and oxygen atoms in total. The van der Waals surface area contributed by atoms with Crippen LogP contribution in [0.2, 0.25) is 0 Å². The Morgan fingerprint density at radius 3 is 1.12 bits per heavy atom. The van der Waals surface area contributed by atoms with Crippen LogP contribution in [0.4, 0.5) is 4.79 Å². The van der Waals surface area contributed by atoms with E-state index in [1.54, 1.807) is 0 Å². The average molecular weight is 1870 g/mol. The van der Waals surface area contributed by atoms with Crippen LogP contribution >= 0.6 is 48.1 Å². The molecule has 0 aromatic heterocycles. The molecular formula is C91H175N8O19P6-3. The van der Waals surface area contributed by atoms with Crippen molar-refractivity contribution in [2.75, 3.05) is 112 Å². The lowest BCUT2D eigenvalue weighted by atomic mass is 9.98. The number of amides is 1. The lowest BCUT2D eigenvalue weighted by molar-refractivity contribution is -0.197. The van der Waals surface area contributed by atoms with Gasteiger partial charge >= 0.3 is 6.09 Å². The Hall–Kier alpha value is -2.56. The summed E-state index contributed by atoms with van der Waals surface area (Å²) in [4.78, 5) is 44.8. The number of hydrogen-bond donors (Lipinski definition) is 2. The van der Waals surface area contributed by atoms with Crippen molar-refractivity contribution in [3.05, 3.63) is 59.7 Å². The third-order valence-electron chi connectivity index (χ3n) is 18.1. The summed E-state index contributed by atoms with van der Waals surface area (Å²) < 4.78 is 106. The van der Waals surface area contributed by atoms with Crippen LogP contribution < -0.4 is 25.7 Å². The van der Waals surface area contributed by atoms with Crippen LogP contribution in [-0.4, -0.2) is 193 Å². The van der Waals surface area contributed by atoms with Crippen molar-refractivity contribution in [2.24, 2.45) is 11.7 Å². The molecule has 33 heteroatoms. The highest BCUT2D eigenvalue weighted by molar-refractivity contribution is 7.55. The molecule has 3 rings (SSSR count). The van der Waals surface area contributed by atoms with E-state index < -0.39 is 54.2 Å². The summed E-state index contributed by atoms with van der Waals surface area (Å²) in [7, 11) is -13.7. The second-order valence-corrected chi connectivity index (χ2v) is 43.6. The van der Waals surface area contributed by atoms with E-state index in [1.165, 1.54) is 106 Å². The second-order valence-electron chi connectivity index (χ2n) is 33.2. The van der Waals surface area contributed by atoms with Crippen molar-refractivity contribution in [3.8, 4) is 29.3 Å². The zero-order chi connectivity index (χ0) is 93.6. The molecule has 0 saturated carbocycles. The Balaban J connectivity index is -0.000000726. The minimum absolute atomic E-state index is 0. The highest BCUT2D eigenvalue weighted by Crippen LogP contribution is 2.50. The smallest absolute Gasteiger partial charge is 0.407 e. The molecule has 0 fully saturated rings. The molecule has 2 aromatic carbocycles. The molecule has 1 aliphatic carbocycles. The van der Waals surface area contributed by atoms with Crippen molar-refractivity contribution in [2.45, 2.75) is 374 Å². The van der Waals surface area contributed by atoms with Gasteiger partial charge in [0.05, 0.1) is 115 Å². The van der Waals surface area contributed by atoms with Gasteiger partial charge in [-0.2, -0.15) is 15.8 Å². The summed E-state index contributed by atoms with van der Waals surface area (Å²) in [5.41, 5.74) is 10.2. The van der Waals surface area contributed by atoms with Gasteiger partial charge in [0.1, 0.15) is 21.8 Å². The van der Waals surface area contributed by atoms with Gasteiger partial charge in [0.25, 0.3) is 25.6 Å². The number of nitriles is 3. The van der Waals surface area contributed by atoms with E-state index in [4.69, 9.17) is 72.1 Å². The normalized spacial score (nSPS) is 14.5. The standard InChI is InChI=1S/C28H38N3O4P.C19H39N2O2P.C14H29N2O2P.C13H29O4P.C8H20NO3P.C8H19O4P.CH4/c1-6-22(35-36(34-17-11-16-29)31(20(2)3)21(4)5)18-30-28(32)33-19-27-25-14-9-7-12-23(25)24-13-8-10-15-26(24)27;1-6-7-8-9-10-11-12-13-16-22-24(23-17-14-15-20)21(18(2)3)19(4)5;1-6-7-8-11-17-19(18-12-9-10-15)16(13(2)3)14(4)5;1-13(2)16-11-9-7-5-4-6-8-10-12-17-18(3,14)15;1-7(2)12-5-8(4-9)6-13(3,10)11;1-8(2)11-6-4-5-7-12-13(3,9)10;/h7-10,12-15,20-22,27H,6,11,17-19H2,1-5H3,(H,30,32);18-19H,6-14,16-17H2,1-5H3;13-14H,6-9,11-12H2,1-5H3;13H,4-12H2,1-3H3,(H,14,15);7-8H,4-6,9H2,1-3H3,(H,10,11);8H,4-7H2,1-3H3,(H,9,10);1H4/p-3. The van der Waals surface area contributed by atoms with Gasteiger partial charge in [-0.15, -0.1) is 0 Å². The van der Waals surface area contributed by atoms with E-state index in [-0.39, 0.29) is 69.0 Å². The molecule has 0 saturated heterocycles. The van der Waals surface area contributed by atoms with Gasteiger partial charge in [-0.05, 0) is 211 Å². The maximum absolute atomic E-state index is 12.6. The first-order valence-corrected chi connectivity index (χ1v) is 55.2. The summed E-state index contributed by atoms with van der Waals surface area (Å²) in [6.07, 6.45) is 25.2. The van der Waals surface area contributed by atoms with Crippen LogP contribution in [0.3, 0.4) is 0 Å². The summed E-state index contributed by atoms with van der Waals surface area (Å²) in [5, 5.41) is 29.1. The summed E-state index contributed by atoms with van der Waals surface area (Å²) in [6.45, 7) is 53.6. The summed E-state index contributed by atoms with van der Waals surface area (Å²) in [6, 6.07) is 24.8. The second kappa shape index (κ2) is 80.1. The van der Waals surface area contributed by atoms with E-state index in [1.807, 2.05) is 58.9 Å². The molecule has 8 atom stereocenters. The van der Waals surface area contributed by atoms with E-state index in [0.717, 1.165) is 78.1 Å². The van der Waals surface area contributed by atoms with Gasteiger partial charge < -0.3 is 94.6 Å². The van der Waals surface area contributed by atoms with Gasteiger partial charge in [-0.25, -0.2) is 18.8 Å². The van der Waals surface area contributed by atoms with E-state index in [9.17, 15) is 33.2 Å². The van der Waals surface area contributed by atoms with Crippen molar-refractivity contribution in [1.29, 1.82) is 15.8 Å². The molecule has 726 valence electrons. The van der Waals surface area contributed by atoms with Crippen LogP contribution in [0, 0.1) is 39.9 Å². The maximum Gasteiger partial charge on any atom is 0.407 e. The van der Waals surface area contributed by atoms with Crippen LogP contribution in [0.25, 0.3) is 11.1 Å². The number of rotatable bonds is 65. The first-order chi connectivity index (χ1) is 58.1. The van der Waals surface area contributed by atoms with E-state index in [2.05, 4.69) is 177 Å². The predicted molar refractivity (Wildman–Crippen MR) is 509 cm³/mol. The SMILES string of the molecule is C.CC(C)OCC(CN)CP(C)(=O)[O-].CC(C)OCCCCCCCCCOP(C)(=O)[O-].CC(C)OCCCCOP(C)(=O)[O-].CCC(CNC(=O)OCC1c2ccccc2-c2ccccc21)OP(OCCC#N)N(C(C)C)C(C)C.CCCCCCCCCCOP(OCCC#N)N(C(C)C)C(C)C.CCCCCOP(OCCC#N)N(C(C)C)C(C)C. The summed E-state index contributed by atoms with van der Waals surface area (Å²) in [5.74, 6) is -0.0517. The fraction of sp³-hybridized carbons (Fsp3) is 0.824. The van der Waals surface area contributed by atoms with E-state index in [0.29, 0.717) is 115 Å². The minimum atomic E-state index is -3.52. The molecule has 1 aliphatic rings. The monoisotopic (exact) mass is 1870 g/mol. The average Bonchev–Trinajstić information content (AvgIpc) is 1.62. The molecule has 0 spiro atoms. The topological polar surface area (TPSA) is 367 Å². The molecule has 8 unspecified atom stereocenters. The lowest BCUT2D eigenvalue weighted by Gasteiger charge is -2.37. The number of fused-ring (bicyclic) bond motifs is 3. The number of unbranched alkanes of at least 4 members (excludes halogenated alkanes) is 16. The molecule has 0 bridgehead atoms. The van der Waals surface area contributed by atoms with Gasteiger partial charge in [-0.3, -0.25) is 0 Å². The fourth-order valence-electron chi connectivity index (χ4n) is 12.4. The Bertz CT molecular complexity index is 3060. The Morgan fingerprint density at radius 1 is 0.460 bits per heavy atom. The van der Waals surface area contributed by atoms with Gasteiger partial charge in [0.15, 0.2) is 0 Å². The van der Waals surface area contributed by atoms with Crippen LogP contribution in [0.1, 0.15) is 324 Å². The molecular weight excluding hydrogens is 1690 g/mol. The zero-order valence-corrected chi connectivity index (χ0v) is 86.0. The third kappa shape index (κ3) is 72.1. The molecule has 0 radical (unpaired) electrons. The third-order valence-corrected chi connectivity index (χ3v) is 27.0. The maximum atomic E-state index is 12.6. The van der Waals surface area contributed by atoms with Crippen LogP contribution in [0.15, 0.2) is 48.5 Å². The predicted octanol–water partition coefficient (Wildman–Crippen LogP) is 23.1. The fourth-order valence-corrected chi connectivity index (χ4v) is 19.6. The van der Waals surface area contributed by atoms with Gasteiger partial charge in [0.2, 0.25) is 0 Å². The van der Waals surface area contributed by atoms with Crippen molar-refractivity contribution in [1.82, 2.24) is 19.3 Å². The molecule has 0 heterocycles. The van der Waals surface area contributed by atoms with Crippen molar-refractivity contribution >= 4 is 54.2 Å². The quantitative estimate of drug-likeness (QED) is 0.0459. The number of nitrogens with one attached hydrogen (secondary N) is 1. The Morgan fingerprint density at radius 2 is 0.774 bits per heavy atom. The van der Waals surface area contributed by atoms with Gasteiger partial charge in [0, 0.05) is 88.5 Å². The highest BCUT2D eigenvalue weighted by Gasteiger charge is 2.33. The minimum Gasteiger partial charge on any atom is -0.799 e. The van der Waals surface area contributed by atoms with Crippen LogP contribution in [-0.2, 0) is 68.8 Å². The Kier molecular flexibility index (Phi) is 82.5. The van der Waals surface area contributed by atoms with Crippen molar-refractivity contribution in [3.63, 3.8) is 0 Å².